The lowest BCUT2D eigenvalue weighted by Gasteiger charge is -2.30. The van der Waals surface area contributed by atoms with Gasteiger partial charge in [0.1, 0.15) is 11.4 Å². The smallest absolute Gasteiger partial charge is 0.256 e. The molecule has 1 N–H and O–H groups in total. The van der Waals surface area contributed by atoms with Crippen molar-refractivity contribution in [1.82, 2.24) is 0 Å². The molecule has 4 nitrogen and oxygen atoms in total. The molecule has 0 saturated carbocycles. The summed E-state index contributed by atoms with van der Waals surface area (Å²) in [5.41, 5.74) is 0.971. The summed E-state index contributed by atoms with van der Waals surface area (Å²) in [5.74, 6) is 1.62. The van der Waals surface area contributed by atoms with Gasteiger partial charge in [0, 0.05) is 12.3 Å². The standard InChI is InChI=1S/C21H35NO3/c1-8-11-25-21(7,13-15(2)3)20(23)22-18-9-10-19(17(6)12-18)24-14-16(4)5/h9-10,12,15-16H,8,11,13-14H2,1-7H3,(H,22,23)/t21-/m1/s1. The summed E-state index contributed by atoms with van der Waals surface area (Å²) in [6.07, 6.45) is 1.58. The predicted octanol–water partition coefficient (Wildman–Crippen LogP) is 5.20. The fraction of sp³-hybridized carbons (Fsp3) is 0.667. The zero-order valence-electron chi connectivity index (χ0n) is 16.9. The van der Waals surface area contributed by atoms with Crippen LogP contribution in [0.1, 0.15) is 59.9 Å². The number of carbonyl (C=O) groups is 1. The van der Waals surface area contributed by atoms with Gasteiger partial charge in [-0.05, 0) is 62.3 Å². The van der Waals surface area contributed by atoms with Gasteiger partial charge in [-0.15, -0.1) is 0 Å². The molecule has 1 aromatic carbocycles. The Morgan fingerprint density at radius 2 is 1.88 bits per heavy atom. The third-order valence-corrected chi connectivity index (χ3v) is 3.91. The average Bonchev–Trinajstić information content (AvgIpc) is 2.51. The van der Waals surface area contributed by atoms with E-state index in [-0.39, 0.29) is 5.91 Å². The summed E-state index contributed by atoms with van der Waals surface area (Å²) >= 11 is 0. The largest absolute Gasteiger partial charge is 0.493 e. The lowest BCUT2D eigenvalue weighted by Crippen LogP contribution is -2.44. The molecule has 0 saturated heterocycles. The Morgan fingerprint density at radius 1 is 1.20 bits per heavy atom. The van der Waals surface area contributed by atoms with E-state index in [1.165, 1.54) is 0 Å². The van der Waals surface area contributed by atoms with Crippen molar-refractivity contribution in [2.45, 2.75) is 66.9 Å². The number of carbonyl (C=O) groups excluding carboxylic acids is 1. The minimum Gasteiger partial charge on any atom is -0.493 e. The van der Waals surface area contributed by atoms with Gasteiger partial charge in [0.2, 0.25) is 0 Å². The molecule has 0 aliphatic rings. The van der Waals surface area contributed by atoms with Gasteiger partial charge in [0.05, 0.1) is 6.61 Å². The maximum Gasteiger partial charge on any atom is 0.256 e. The van der Waals surface area contributed by atoms with E-state index in [0.29, 0.717) is 31.5 Å². The number of anilines is 1. The van der Waals surface area contributed by atoms with Gasteiger partial charge in [-0.3, -0.25) is 4.79 Å². The first-order valence-corrected chi connectivity index (χ1v) is 9.36. The maximum atomic E-state index is 12.8. The van der Waals surface area contributed by atoms with Crippen LogP contribution in [0.3, 0.4) is 0 Å². The van der Waals surface area contributed by atoms with Crippen molar-refractivity contribution >= 4 is 11.6 Å². The van der Waals surface area contributed by atoms with Gasteiger partial charge in [-0.2, -0.15) is 0 Å². The number of nitrogens with one attached hydrogen (secondary N) is 1. The molecule has 0 radical (unpaired) electrons. The van der Waals surface area contributed by atoms with E-state index >= 15 is 0 Å². The van der Waals surface area contributed by atoms with E-state index in [0.717, 1.165) is 23.4 Å². The first kappa shape index (κ1) is 21.5. The average molecular weight is 350 g/mol. The molecule has 0 bridgehead atoms. The van der Waals surface area contributed by atoms with Crippen LogP contribution in [0.2, 0.25) is 0 Å². The highest BCUT2D eigenvalue weighted by Gasteiger charge is 2.35. The van der Waals surface area contributed by atoms with Gasteiger partial charge in [-0.1, -0.05) is 34.6 Å². The second kappa shape index (κ2) is 9.81. The van der Waals surface area contributed by atoms with E-state index in [1.54, 1.807) is 0 Å². The van der Waals surface area contributed by atoms with E-state index in [1.807, 2.05) is 39.0 Å². The molecule has 1 atom stereocenters. The number of benzene rings is 1. The molecular formula is C21H35NO3. The van der Waals surface area contributed by atoms with Crippen LogP contribution < -0.4 is 10.1 Å². The molecule has 25 heavy (non-hydrogen) atoms. The van der Waals surface area contributed by atoms with Crippen LogP contribution in [-0.4, -0.2) is 24.7 Å². The summed E-state index contributed by atoms with van der Waals surface area (Å²) in [6, 6.07) is 5.75. The third kappa shape index (κ3) is 7.07. The highest BCUT2D eigenvalue weighted by Crippen LogP contribution is 2.26. The molecule has 0 aliphatic carbocycles. The SMILES string of the molecule is CCCO[C@](C)(CC(C)C)C(=O)Nc1ccc(OCC(C)C)c(C)c1. The van der Waals surface area contributed by atoms with Crippen LogP contribution in [0.4, 0.5) is 5.69 Å². The van der Waals surface area contributed by atoms with Crippen molar-refractivity contribution in [3.8, 4) is 5.75 Å². The Hall–Kier alpha value is -1.55. The van der Waals surface area contributed by atoms with Gasteiger partial charge < -0.3 is 14.8 Å². The van der Waals surface area contributed by atoms with E-state index < -0.39 is 5.60 Å². The van der Waals surface area contributed by atoms with Gasteiger partial charge >= 0.3 is 0 Å². The third-order valence-electron chi connectivity index (χ3n) is 3.91. The van der Waals surface area contributed by atoms with Gasteiger partial charge in [-0.25, -0.2) is 0 Å². The molecule has 0 aromatic heterocycles. The summed E-state index contributed by atoms with van der Waals surface area (Å²) in [4.78, 5) is 12.8. The minimum atomic E-state index is -0.815. The van der Waals surface area contributed by atoms with Crippen LogP contribution in [0, 0.1) is 18.8 Å². The molecular weight excluding hydrogens is 314 g/mol. The van der Waals surface area contributed by atoms with Crippen LogP contribution in [0.25, 0.3) is 0 Å². The molecule has 1 amide bonds. The van der Waals surface area contributed by atoms with Crippen molar-refractivity contribution < 1.29 is 14.3 Å². The Balaban J connectivity index is 2.84. The lowest BCUT2D eigenvalue weighted by molar-refractivity contribution is -0.141. The first-order valence-electron chi connectivity index (χ1n) is 9.36. The van der Waals surface area contributed by atoms with Crippen LogP contribution in [0.5, 0.6) is 5.75 Å². The number of rotatable bonds is 10. The number of ether oxygens (including phenoxy) is 2. The fourth-order valence-corrected chi connectivity index (χ4v) is 2.73. The van der Waals surface area contributed by atoms with Crippen molar-refractivity contribution in [2.24, 2.45) is 11.8 Å². The Kier molecular flexibility index (Phi) is 8.43. The quantitative estimate of drug-likeness (QED) is 0.631. The highest BCUT2D eigenvalue weighted by molar-refractivity contribution is 5.97. The minimum absolute atomic E-state index is 0.0927. The molecule has 1 rings (SSSR count). The van der Waals surface area contributed by atoms with Crippen LogP contribution in [0.15, 0.2) is 18.2 Å². The maximum absolute atomic E-state index is 12.8. The summed E-state index contributed by atoms with van der Waals surface area (Å²) in [7, 11) is 0. The number of aryl methyl sites for hydroxylation is 1. The number of amides is 1. The van der Waals surface area contributed by atoms with E-state index in [2.05, 4.69) is 33.0 Å². The fourth-order valence-electron chi connectivity index (χ4n) is 2.73. The zero-order chi connectivity index (χ0) is 19.0. The predicted molar refractivity (Wildman–Crippen MR) is 104 cm³/mol. The monoisotopic (exact) mass is 349 g/mol. The van der Waals surface area contributed by atoms with E-state index in [9.17, 15) is 4.79 Å². The second-order valence-electron chi connectivity index (χ2n) is 7.82. The zero-order valence-corrected chi connectivity index (χ0v) is 16.9. The Labute approximate surface area is 153 Å². The van der Waals surface area contributed by atoms with Crippen molar-refractivity contribution in [1.29, 1.82) is 0 Å². The molecule has 0 fully saturated rings. The molecule has 142 valence electrons. The molecule has 4 heteroatoms. The number of hydrogen-bond acceptors (Lipinski definition) is 3. The van der Waals surface area contributed by atoms with Gasteiger partial charge in [0.15, 0.2) is 0 Å². The molecule has 0 aliphatic heterocycles. The topological polar surface area (TPSA) is 47.6 Å². The number of hydrogen-bond donors (Lipinski definition) is 1. The van der Waals surface area contributed by atoms with Crippen molar-refractivity contribution in [2.75, 3.05) is 18.5 Å². The van der Waals surface area contributed by atoms with Crippen molar-refractivity contribution in [3.05, 3.63) is 23.8 Å². The summed E-state index contributed by atoms with van der Waals surface area (Å²) in [5, 5.41) is 3.01. The molecule has 0 spiro atoms. The molecule has 0 unspecified atom stereocenters. The van der Waals surface area contributed by atoms with E-state index in [4.69, 9.17) is 9.47 Å². The van der Waals surface area contributed by atoms with Gasteiger partial charge in [0.25, 0.3) is 5.91 Å². The Morgan fingerprint density at radius 3 is 2.40 bits per heavy atom. The molecule has 1 aromatic rings. The lowest BCUT2D eigenvalue weighted by atomic mass is 9.93. The van der Waals surface area contributed by atoms with Crippen molar-refractivity contribution in [3.63, 3.8) is 0 Å². The Bertz CT molecular complexity index is 554. The van der Waals surface area contributed by atoms with Crippen LogP contribution in [-0.2, 0) is 9.53 Å². The summed E-state index contributed by atoms with van der Waals surface area (Å²) < 4.78 is 11.7. The molecule has 0 heterocycles. The first-order chi connectivity index (χ1) is 11.7. The second-order valence-corrected chi connectivity index (χ2v) is 7.82. The van der Waals surface area contributed by atoms with Crippen LogP contribution >= 0.6 is 0 Å². The normalized spacial score (nSPS) is 13.8. The summed E-state index contributed by atoms with van der Waals surface area (Å²) in [6.45, 7) is 15.6. The highest BCUT2D eigenvalue weighted by atomic mass is 16.5.